The number of anilines is 1. The van der Waals surface area contributed by atoms with Crippen molar-refractivity contribution < 1.29 is 113 Å². The van der Waals surface area contributed by atoms with Crippen molar-refractivity contribution in [2.24, 2.45) is 16.2 Å². The molecule has 0 spiro atoms. The van der Waals surface area contributed by atoms with Crippen LogP contribution in [0, 0.1) is 16.2 Å². The van der Waals surface area contributed by atoms with E-state index >= 15 is 4.57 Å². The van der Waals surface area contributed by atoms with Gasteiger partial charge in [-0.2, -0.15) is 0 Å². The minimum absolute atomic E-state index is 0.0490. The van der Waals surface area contributed by atoms with Crippen molar-refractivity contribution in [1.29, 1.82) is 0 Å². The topological polar surface area (TPSA) is 356 Å². The monoisotopic (exact) mass is 1320 g/mol. The molecule has 3 aromatic carbocycles. The fraction of sp³-hybridized carbons (Fsp3) is 0.492. The van der Waals surface area contributed by atoms with Crippen molar-refractivity contribution in [3.05, 3.63) is 114 Å². The van der Waals surface area contributed by atoms with Gasteiger partial charge in [-0.1, -0.05) is 72.8 Å². The number of hydrogen-bond donors (Lipinski definition) is 1. The zero-order valence-electron chi connectivity index (χ0n) is 53.6. The third kappa shape index (κ3) is 18.1. The van der Waals surface area contributed by atoms with Crippen LogP contribution < -0.4 is 10.1 Å². The molecule has 30 heteroatoms. The molecule has 1 N–H and O–H groups in total. The number of carbonyl (C=O) groups is 9. The quantitative estimate of drug-likeness (QED) is 0.0108. The van der Waals surface area contributed by atoms with Gasteiger partial charge in [-0.15, -0.1) is 0 Å². The summed E-state index contributed by atoms with van der Waals surface area (Å²) in [5, 5.41) is 3.69. The van der Waals surface area contributed by atoms with Gasteiger partial charge in [0.1, 0.15) is 48.8 Å². The van der Waals surface area contributed by atoms with E-state index in [-0.39, 0.29) is 55.6 Å². The van der Waals surface area contributed by atoms with Crippen LogP contribution in [0.5, 0.6) is 5.75 Å². The van der Waals surface area contributed by atoms with E-state index in [1.165, 1.54) is 51.8 Å². The van der Waals surface area contributed by atoms with Crippen LogP contribution in [0.4, 0.5) is 5.82 Å². The Labute approximate surface area is 536 Å². The first-order valence-corrected chi connectivity index (χ1v) is 31.1. The maximum Gasteiger partial charge on any atom is 0.474 e. The highest BCUT2D eigenvalue weighted by molar-refractivity contribution is 7.48. The number of phosphoric ester groups is 1. The number of esters is 8. The van der Waals surface area contributed by atoms with Gasteiger partial charge in [0.05, 0.1) is 71.5 Å². The molecule has 3 heterocycles. The van der Waals surface area contributed by atoms with E-state index in [2.05, 4.69) is 10.3 Å². The van der Waals surface area contributed by atoms with Crippen LogP contribution >= 0.6 is 7.82 Å². The second-order valence-electron chi connectivity index (χ2n) is 21.9. The zero-order chi connectivity index (χ0) is 68.2. The summed E-state index contributed by atoms with van der Waals surface area (Å²) < 4.78 is 96.3. The van der Waals surface area contributed by atoms with Crippen LogP contribution in [0.1, 0.15) is 105 Å². The van der Waals surface area contributed by atoms with Gasteiger partial charge < -0.3 is 62.2 Å². The second kappa shape index (κ2) is 33.2. The third-order valence-electron chi connectivity index (χ3n) is 14.2. The predicted octanol–water partition coefficient (Wildman–Crippen LogP) is 6.86. The van der Waals surface area contributed by atoms with Gasteiger partial charge in [0.15, 0.2) is 36.1 Å². The Hall–Kier alpha value is -8.73. The van der Waals surface area contributed by atoms with E-state index in [1.54, 1.807) is 27.9 Å². The van der Waals surface area contributed by atoms with Gasteiger partial charge in [-0.3, -0.25) is 56.5 Å². The number of nitrogens with zero attached hydrogens (tertiary/aromatic N) is 4. The molecule has 0 bridgehead atoms. The fourth-order valence-electron chi connectivity index (χ4n) is 9.41. The van der Waals surface area contributed by atoms with Gasteiger partial charge in [0.2, 0.25) is 10.8 Å². The lowest BCUT2D eigenvalue weighted by molar-refractivity contribution is -0.182. The zero-order valence-corrected chi connectivity index (χ0v) is 54.5. The average Bonchev–Trinajstić information content (AvgIpc) is 1.73. The molecule has 5 aromatic rings. The maximum atomic E-state index is 15.7. The number of fused-ring (bicyclic) bond motifs is 1. The van der Waals surface area contributed by atoms with Gasteiger partial charge in [-0.05, 0) is 84.2 Å². The van der Waals surface area contributed by atoms with Crippen molar-refractivity contribution in [2.75, 3.05) is 78.7 Å². The van der Waals surface area contributed by atoms with Gasteiger partial charge in [0.25, 0.3) is 0 Å². The first-order chi connectivity index (χ1) is 44.3. The molecular weight excluding hydrogens is 1240 g/mol. The summed E-state index contributed by atoms with van der Waals surface area (Å²) in [7, 11) is -4.16. The number of Topliss-reactive ketones (excluding diaryl/α,β-unsaturated/α-hetero) is 1. The number of phosphoric acid groups is 1. The lowest BCUT2D eigenvalue weighted by Gasteiger charge is -2.37. The second-order valence-corrected chi connectivity index (χ2v) is 23.6. The normalized spacial score (nSPS) is 15.9. The molecule has 0 saturated carbocycles. The van der Waals surface area contributed by atoms with Crippen LogP contribution in [-0.2, 0) is 114 Å². The minimum atomic E-state index is -5.71. The molecule has 0 aliphatic carbocycles. The number of aromatic nitrogens is 4. The number of rotatable bonds is 35. The summed E-state index contributed by atoms with van der Waals surface area (Å²) in [4.78, 5) is 134. The maximum absolute atomic E-state index is 15.7. The van der Waals surface area contributed by atoms with Crippen molar-refractivity contribution in [3.63, 3.8) is 0 Å². The van der Waals surface area contributed by atoms with Gasteiger partial charge in [0, 0.05) is 20.3 Å². The Balaban J connectivity index is 1.55. The Morgan fingerprint density at radius 1 is 0.581 bits per heavy atom. The SMILES string of the molecule is CCOC(=O)C(COC(C)=O)(COP(=O)(OC[C@H]1O[C@@H](n2cnc3c(NC(c4ccccc4)(c4ccccc4)c4ccc(OC)cc4)ncnc32)[C@H](OC(=O)CCC(C)=O)[C@@H]1OCOC(=O)C(C)(C)C)OCC(COC(C)=O)(C(=O)OCC)C(=O)OCC)C(=O)OCC. The van der Waals surface area contributed by atoms with E-state index in [0.29, 0.717) is 5.75 Å². The van der Waals surface area contributed by atoms with E-state index in [1.807, 2.05) is 84.9 Å². The number of methoxy groups -OCH3 is 1. The molecule has 2 aromatic heterocycles. The highest BCUT2D eigenvalue weighted by Gasteiger charge is 2.57. The average molecular weight is 1320 g/mol. The van der Waals surface area contributed by atoms with Crippen LogP contribution in [-0.4, -0.2) is 165 Å². The van der Waals surface area contributed by atoms with Crippen LogP contribution in [0.2, 0.25) is 0 Å². The molecule has 29 nitrogen and oxygen atoms in total. The van der Waals surface area contributed by atoms with Crippen molar-refractivity contribution in [1.82, 2.24) is 19.5 Å². The first kappa shape index (κ1) is 73.3. The Morgan fingerprint density at radius 2 is 1.08 bits per heavy atom. The summed E-state index contributed by atoms with van der Waals surface area (Å²) in [5.41, 5.74) is -5.41. The largest absolute Gasteiger partial charge is 0.497 e. The highest BCUT2D eigenvalue weighted by atomic mass is 31.2. The van der Waals surface area contributed by atoms with E-state index in [0.717, 1.165) is 30.5 Å². The van der Waals surface area contributed by atoms with Crippen LogP contribution in [0.15, 0.2) is 97.6 Å². The van der Waals surface area contributed by atoms with Crippen molar-refractivity contribution >= 4 is 78.3 Å². The lowest BCUT2D eigenvalue weighted by atomic mass is 9.77. The van der Waals surface area contributed by atoms with E-state index < -0.39 is 148 Å². The number of imidazole rings is 1. The summed E-state index contributed by atoms with van der Waals surface area (Å²) in [6, 6.07) is 26.5. The molecule has 504 valence electrons. The summed E-state index contributed by atoms with van der Waals surface area (Å²) in [6.07, 6.45) is -4.82. The summed E-state index contributed by atoms with van der Waals surface area (Å²) in [5.74, 6) is -8.94. The number of hydrogen-bond acceptors (Lipinski definition) is 28. The third-order valence-corrected chi connectivity index (χ3v) is 15.6. The number of nitrogens with one attached hydrogen (secondary N) is 1. The Morgan fingerprint density at radius 3 is 1.53 bits per heavy atom. The summed E-state index contributed by atoms with van der Waals surface area (Å²) in [6.45, 7) is 4.95. The predicted molar refractivity (Wildman–Crippen MR) is 324 cm³/mol. The van der Waals surface area contributed by atoms with E-state index in [4.69, 9.17) is 75.6 Å². The summed E-state index contributed by atoms with van der Waals surface area (Å²) >= 11 is 0. The lowest BCUT2D eigenvalue weighted by Crippen LogP contribution is -2.50. The molecule has 0 radical (unpaired) electrons. The molecule has 1 fully saturated rings. The number of ether oxygens (including phenoxy) is 11. The number of benzene rings is 3. The molecule has 0 amide bonds. The minimum Gasteiger partial charge on any atom is -0.497 e. The Bertz CT molecular complexity index is 3300. The molecule has 6 rings (SSSR count). The highest BCUT2D eigenvalue weighted by Crippen LogP contribution is 2.53. The molecule has 0 unspecified atom stereocenters. The molecule has 1 aliphatic rings. The fourth-order valence-corrected chi connectivity index (χ4v) is 10.7. The van der Waals surface area contributed by atoms with Crippen molar-refractivity contribution in [3.8, 4) is 5.75 Å². The van der Waals surface area contributed by atoms with E-state index in [9.17, 15) is 43.2 Å². The first-order valence-electron chi connectivity index (χ1n) is 29.6. The standard InChI is InChI=1S/C63H78N5O24P/c1-12-80-56(74)61(33-84-41(6)70,57(75)81-13-2)35-89-93(78,90-36-62(34-85-42(7)71,58(76)82-14-3)59(77)83-15-4)88-32-47-50(86-39-87-55(73)60(8,9)10)51(92-48(72)31-26-40(5)69)54(91-47)68-38-66-49-52(64-37-65-53(49)68)67-63(43-22-18-16-19-23-43,44-24-20-17-21-25-44)45-27-29-46(79-11)30-28-45/h16-25,27-30,37-38,47,50-51,54H,12-15,26,31-36,39H2,1-11H3,(H,64,65,67)/t47-,50-,51-,54-/m1/s1. The molecule has 93 heavy (non-hydrogen) atoms. The molecule has 1 saturated heterocycles. The molecule has 4 atom stereocenters. The van der Waals surface area contributed by atoms with Gasteiger partial charge >= 0.3 is 55.6 Å². The van der Waals surface area contributed by atoms with Crippen LogP contribution in [0.3, 0.4) is 0 Å². The number of carbonyl (C=O) groups excluding carboxylic acids is 9. The van der Waals surface area contributed by atoms with Crippen molar-refractivity contribution in [2.45, 2.75) is 112 Å². The Kier molecular flexibility index (Phi) is 26.2. The number of ketones is 1. The smallest absolute Gasteiger partial charge is 0.474 e. The van der Waals surface area contributed by atoms with Gasteiger partial charge in [-0.25, -0.2) is 19.5 Å². The molecular formula is C63H78N5O24P. The van der Waals surface area contributed by atoms with Crippen LogP contribution in [0.25, 0.3) is 11.2 Å². The molecule has 1 aliphatic heterocycles.